The number of aryl methyl sites for hydroxylation is 1. The molecule has 2 heterocycles. The molecule has 1 fully saturated rings. The first-order chi connectivity index (χ1) is 10.3. The van der Waals surface area contributed by atoms with Crippen molar-refractivity contribution in [3.63, 3.8) is 0 Å². The maximum Gasteiger partial charge on any atom is 0.403 e. The van der Waals surface area contributed by atoms with Gasteiger partial charge in [-0.2, -0.15) is 13.2 Å². The second kappa shape index (κ2) is 6.60. The number of piperazine rings is 1. The van der Waals surface area contributed by atoms with E-state index in [1.807, 2.05) is 29.9 Å². The number of amides is 2. The van der Waals surface area contributed by atoms with Gasteiger partial charge in [-0.1, -0.05) is 0 Å². The first-order valence-electron chi connectivity index (χ1n) is 7.23. The Morgan fingerprint density at radius 2 is 1.95 bits per heavy atom. The third-order valence-electron chi connectivity index (χ3n) is 4.09. The third kappa shape index (κ3) is 3.94. The van der Waals surface area contributed by atoms with Crippen LogP contribution in [0.25, 0.3) is 0 Å². The Kier molecular flexibility index (Phi) is 5.00. The lowest BCUT2D eigenvalue weighted by molar-refractivity contribution is -0.181. The van der Waals surface area contributed by atoms with Crippen molar-refractivity contribution in [3.05, 3.63) is 24.0 Å². The van der Waals surface area contributed by atoms with E-state index in [-0.39, 0.29) is 19.1 Å². The molecule has 5 nitrogen and oxygen atoms in total. The summed E-state index contributed by atoms with van der Waals surface area (Å²) in [5, 5.41) is 2.80. The molecule has 0 radical (unpaired) electrons. The summed E-state index contributed by atoms with van der Waals surface area (Å²) in [6.45, 7) is 2.64. The number of carbonyl (C=O) groups is 1. The van der Waals surface area contributed by atoms with Crippen LogP contribution in [0.4, 0.5) is 18.0 Å². The average Bonchev–Trinajstić information content (AvgIpc) is 2.88. The lowest BCUT2D eigenvalue weighted by Crippen LogP contribution is -2.56. The lowest BCUT2D eigenvalue weighted by atomic mass is 10.2. The van der Waals surface area contributed by atoms with E-state index in [0.29, 0.717) is 19.6 Å². The standard InChI is InChI=1S/C14H21F3N4O/c1-11(14(15,16)17)20-6-8-21(9-7-20)13(22)18-10-12-4-3-5-19(12)2/h3-5,11H,6-10H2,1-2H3,(H,18,22)/t11-/m0/s1. The lowest BCUT2D eigenvalue weighted by Gasteiger charge is -2.38. The molecule has 1 atom stereocenters. The van der Waals surface area contributed by atoms with Crippen LogP contribution < -0.4 is 5.32 Å². The quantitative estimate of drug-likeness (QED) is 0.923. The van der Waals surface area contributed by atoms with E-state index in [1.165, 1.54) is 4.90 Å². The van der Waals surface area contributed by atoms with Gasteiger partial charge in [0, 0.05) is 45.1 Å². The molecule has 22 heavy (non-hydrogen) atoms. The predicted molar refractivity (Wildman–Crippen MR) is 76.3 cm³/mol. The molecule has 1 aromatic heterocycles. The number of hydrogen-bond acceptors (Lipinski definition) is 2. The molecule has 124 valence electrons. The van der Waals surface area contributed by atoms with Crippen molar-refractivity contribution < 1.29 is 18.0 Å². The maximum atomic E-state index is 12.7. The zero-order valence-corrected chi connectivity index (χ0v) is 12.7. The van der Waals surface area contributed by atoms with Gasteiger partial charge < -0.3 is 14.8 Å². The normalized spacial score (nSPS) is 18.3. The smallest absolute Gasteiger partial charge is 0.353 e. The molecule has 2 rings (SSSR count). The first-order valence-corrected chi connectivity index (χ1v) is 7.23. The van der Waals surface area contributed by atoms with E-state index in [0.717, 1.165) is 12.6 Å². The molecule has 1 saturated heterocycles. The number of nitrogens with one attached hydrogen (secondary N) is 1. The van der Waals surface area contributed by atoms with Crippen LogP contribution in [-0.2, 0) is 13.6 Å². The fraction of sp³-hybridized carbons (Fsp3) is 0.643. The summed E-state index contributed by atoms with van der Waals surface area (Å²) in [4.78, 5) is 15.0. The van der Waals surface area contributed by atoms with Crippen LogP contribution in [0.2, 0.25) is 0 Å². The summed E-state index contributed by atoms with van der Waals surface area (Å²) in [7, 11) is 1.89. The highest BCUT2D eigenvalue weighted by Crippen LogP contribution is 2.25. The number of nitrogens with zero attached hydrogens (tertiary/aromatic N) is 3. The highest BCUT2D eigenvalue weighted by Gasteiger charge is 2.41. The molecule has 1 aromatic rings. The SMILES string of the molecule is C[C@H](N1CCN(C(=O)NCc2cccn2C)CC1)C(F)(F)F. The summed E-state index contributed by atoms with van der Waals surface area (Å²) >= 11 is 0. The molecular weight excluding hydrogens is 297 g/mol. The van der Waals surface area contributed by atoms with E-state index in [2.05, 4.69) is 5.32 Å². The van der Waals surface area contributed by atoms with E-state index in [4.69, 9.17) is 0 Å². The largest absolute Gasteiger partial charge is 0.403 e. The van der Waals surface area contributed by atoms with Crippen molar-refractivity contribution in [1.29, 1.82) is 0 Å². The van der Waals surface area contributed by atoms with E-state index >= 15 is 0 Å². The van der Waals surface area contributed by atoms with Crippen LogP contribution >= 0.6 is 0 Å². The summed E-state index contributed by atoms with van der Waals surface area (Å²) in [6, 6.07) is 2.09. The van der Waals surface area contributed by atoms with Crippen LogP contribution in [0.1, 0.15) is 12.6 Å². The molecule has 1 aliphatic heterocycles. The minimum atomic E-state index is -4.23. The summed E-state index contributed by atoms with van der Waals surface area (Å²) in [5.41, 5.74) is 0.970. The van der Waals surface area contributed by atoms with Gasteiger partial charge in [-0.25, -0.2) is 4.79 Å². The Hall–Kier alpha value is -1.70. The Labute approximate surface area is 127 Å². The minimum absolute atomic E-state index is 0.234. The molecular formula is C14H21F3N4O. The summed E-state index contributed by atoms with van der Waals surface area (Å²) < 4.78 is 39.9. The van der Waals surface area contributed by atoms with Crippen molar-refractivity contribution >= 4 is 6.03 Å². The van der Waals surface area contributed by atoms with Gasteiger partial charge >= 0.3 is 12.2 Å². The van der Waals surface area contributed by atoms with Crippen molar-refractivity contribution in [2.45, 2.75) is 25.7 Å². The number of urea groups is 1. The third-order valence-corrected chi connectivity index (χ3v) is 4.09. The number of halogens is 3. The van der Waals surface area contributed by atoms with Crippen LogP contribution in [0, 0.1) is 0 Å². The molecule has 2 amide bonds. The monoisotopic (exact) mass is 318 g/mol. The molecule has 1 N–H and O–H groups in total. The zero-order valence-electron chi connectivity index (χ0n) is 12.7. The molecule has 8 heteroatoms. The molecule has 1 aliphatic rings. The molecule has 0 aliphatic carbocycles. The van der Waals surface area contributed by atoms with Crippen LogP contribution in [0.5, 0.6) is 0 Å². The average molecular weight is 318 g/mol. The van der Waals surface area contributed by atoms with Crippen LogP contribution in [-0.4, -0.2) is 58.8 Å². The van der Waals surface area contributed by atoms with Gasteiger partial charge in [0.15, 0.2) is 0 Å². The molecule has 0 unspecified atom stereocenters. The van der Waals surface area contributed by atoms with E-state index in [1.54, 1.807) is 4.90 Å². The van der Waals surface area contributed by atoms with Crippen molar-refractivity contribution in [1.82, 2.24) is 19.7 Å². The Morgan fingerprint density at radius 3 is 2.45 bits per heavy atom. The zero-order chi connectivity index (χ0) is 16.3. The highest BCUT2D eigenvalue weighted by molar-refractivity contribution is 5.74. The minimum Gasteiger partial charge on any atom is -0.353 e. The predicted octanol–water partition coefficient (Wildman–Crippen LogP) is 1.80. The van der Waals surface area contributed by atoms with Gasteiger partial charge in [-0.15, -0.1) is 0 Å². The Bertz CT molecular complexity index is 506. The maximum absolute atomic E-state index is 12.7. The number of aromatic nitrogens is 1. The van der Waals surface area contributed by atoms with Gasteiger partial charge in [-0.05, 0) is 19.1 Å². The number of hydrogen-bond donors (Lipinski definition) is 1. The van der Waals surface area contributed by atoms with Gasteiger partial charge in [0.1, 0.15) is 6.04 Å². The highest BCUT2D eigenvalue weighted by atomic mass is 19.4. The van der Waals surface area contributed by atoms with Crippen molar-refractivity contribution in [3.8, 4) is 0 Å². The topological polar surface area (TPSA) is 40.5 Å². The second-order valence-corrected chi connectivity index (χ2v) is 5.51. The van der Waals surface area contributed by atoms with Crippen LogP contribution in [0.3, 0.4) is 0 Å². The van der Waals surface area contributed by atoms with Gasteiger partial charge in [0.2, 0.25) is 0 Å². The molecule has 0 bridgehead atoms. The van der Waals surface area contributed by atoms with Crippen molar-refractivity contribution in [2.75, 3.05) is 26.2 Å². The number of carbonyl (C=O) groups excluding carboxylic acids is 1. The van der Waals surface area contributed by atoms with Gasteiger partial charge in [0.25, 0.3) is 0 Å². The van der Waals surface area contributed by atoms with E-state index < -0.39 is 12.2 Å². The van der Waals surface area contributed by atoms with Crippen LogP contribution in [0.15, 0.2) is 18.3 Å². The molecule has 0 aromatic carbocycles. The Balaban J connectivity index is 1.79. The fourth-order valence-corrected chi connectivity index (χ4v) is 2.48. The summed E-state index contributed by atoms with van der Waals surface area (Å²) in [5.74, 6) is 0. The van der Waals surface area contributed by atoms with Crippen molar-refractivity contribution in [2.24, 2.45) is 7.05 Å². The first kappa shape index (κ1) is 16.7. The number of rotatable bonds is 3. The van der Waals surface area contributed by atoms with E-state index in [9.17, 15) is 18.0 Å². The second-order valence-electron chi connectivity index (χ2n) is 5.51. The van der Waals surface area contributed by atoms with Gasteiger partial charge in [-0.3, -0.25) is 4.90 Å². The van der Waals surface area contributed by atoms with Gasteiger partial charge in [0.05, 0.1) is 6.54 Å². The molecule has 0 spiro atoms. The number of alkyl halides is 3. The summed E-state index contributed by atoms with van der Waals surface area (Å²) in [6.07, 6.45) is -2.34. The Morgan fingerprint density at radius 1 is 1.32 bits per heavy atom. The fourth-order valence-electron chi connectivity index (χ4n) is 2.48. The molecule has 0 saturated carbocycles.